The first-order valence-corrected chi connectivity index (χ1v) is 7.43. The van der Waals surface area contributed by atoms with Crippen molar-refractivity contribution in [2.24, 2.45) is 5.73 Å². The zero-order chi connectivity index (χ0) is 14.2. The van der Waals surface area contributed by atoms with Gasteiger partial charge in [0.15, 0.2) is 0 Å². The Bertz CT molecular complexity index is 606. The monoisotopic (exact) mass is 357 g/mol. The third-order valence-corrected chi connectivity index (χ3v) is 4.71. The highest BCUT2D eigenvalue weighted by Crippen LogP contribution is 2.35. The van der Waals surface area contributed by atoms with E-state index in [1.807, 2.05) is 32.0 Å². The van der Waals surface area contributed by atoms with Gasteiger partial charge in [0.25, 0.3) is 0 Å². The molecule has 1 unspecified atom stereocenters. The molecule has 0 aromatic heterocycles. The minimum absolute atomic E-state index is 0.326. The summed E-state index contributed by atoms with van der Waals surface area (Å²) in [6, 6.07) is 9.25. The van der Waals surface area contributed by atoms with Gasteiger partial charge in [-0.15, -0.1) is 0 Å². The quantitative estimate of drug-likeness (QED) is 0.761. The third-order valence-electron chi connectivity index (χ3n) is 3.19. The largest absolute Gasteiger partial charge is 0.320 e. The number of hydrogen-bond donors (Lipinski definition) is 1. The summed E-state index contributed by atoms with van der Waals surface area (Å²) in [6.45, 7) is 4.07. The Labute approximate surface area is 131 Å². The van der Waals surface area contributed by atoms with Gasteiger partial charge in [-0.1, -0.05) is 51.3 Å². The summed E-state index contributed by atoms with van der Waals surface area (Å²) in [7, 11) is 0. The van der Waals surface area contributed by atoms with Crippen LogP contribution < -0.4 is 5.73 Å². The van der Waals surface area contributed by atoms with Gasteiger partial charge < -0.3 is 5.73 Å². The molecule has 2 N–H and O–H groups in total. The lowest BCUT2D eigenvalue weighted by Crippen LogP contribution is -2.14. The second-order valence-corrected chi connectivity index (χ2v) is 6.24. The van der Waals surface area contributed by atoms with Gasteiger partial charge in [-0.2, -0.15) is 0 Å². The van der Waals surface area contributed by atoms with E-state index in [9.17, 15) is 0 Å². The maximum Gasteiger partial charge on any atom is 0.0584 e. The molecule has 0 amide bonds. The summed E-state index contributed by atoms with van der Waals surface area (Å²) >= 11 is 16.0. The summed E-state index contributed by atoms with van der Waals surface area (Å²) in [5.41, 5.74) is 10.4. The lowest BCUT2D eigenvalue weighted by molar-refractivity contribution is 0.859. The van der Waals surface area contributed by atoms with Crippen LogP contribution in [-0.2, 0) is 0 Å². The van der Waals surface area contributed by atoms with E-state index in [-0.39, 0.29) is 6.04 Å². The fourth-order valence-electron chi connectivity index (χ4n) is 2.10. The molecule has 1 atom stereocenters. The van der Waals surface area contributed by atoms with Crippen molar-refractivity contribution in [3.63, 3.8) is 0 Å². The van der Waals surface area contributed by atoms with E-state index in [0.717, 1.165) is 26.7 Å². The van der Waals surface area contributed by atoms with Crippen molar-refractivity contribution in [3.8, 4) is 0 Å². The van der Waals surface area contributed by atoms with Gasteiger partial charge in [-0.25, -0.2) is 0 Å². The summed E-state index contributed by atoms with van der Waals surface area (Å²) in [4.78, 5) is 0. The van der Waals surface area contributed by atoms with Crippen molar-refractivity contribution in [1.29, 1.82) is 0 Å². The van der Waals surface area contributed by atoms with Crippen LogP contribution in [-0.4, -0.2) is 0 Å². The average molecular weight is 359 g/mol. The predicted molar refractivity (Wildman–Crippen MR) is 86.1 cm³/mol. The number of rotatable bonds is 2. The molecule has 2 aromatic rings. The van der Waals surface area contributed by atoms with Gasteiger partial charge in [0.2, 0.25) is 0 Å². The molecule has 0 saturated carbocycles. The van der Waals surface area contributed by atoms with Crippen LogP contribution in [0.15, 0.2) is 34.8 Å². The first-order valence-electron chi connectivity index (χ1n) is 5.88. The lowest BCUT2D eigenvalue weighted by atomic mass is 9.94. The standard InChI is InChI=1S/C15H14BrCl2N/c1-8-7-11(16)9(2)6-10(8)15(19)14-12(17)4-3-5-13(14)18/h3-7,15H,19H2,1-2H3. The lowest BCUT2D eigenvalue weighted by Gasteiger charge is -2.19. The van der Waals surface area contributed by atoms with E-state index in [1.54, 1.807) is 0 Å². The fraction of sp³-hybridized carbons (Fsp3) is 0.200. The highest BCUT2D eigenvalue weighted by molar-refractivity contribution is 9.10. The Morgan fingerprint density at radius 2 is 1.63 bits per heavy atom. The van der Waals surface area contributed by atoms with E-state index in [0.29, 0.717) is 10.0 Å². The molecule has 0 radical (unpaired) electrons. The first-order chi connectivity index (χ1) is 8.91. The molecule has 2 aromatic carbocycles. The van der Waals surface area contributed by atoms with Crippen molar-refractivity contribution in [2.45, 2.75) is 19.9 Å². The molecule has 0 aliphatic carbocycles. The molecule has 100 valence electrons. The van der Waals surface area contributed by atoms with Crippen LogP contribution >= 0.6 is 39.1 Å². The molecule has 0 saturated heterocycles. The topological polar surface area (TPSA) is 26.0 Å². The van der Waals surface area contributed by atoms with Crippen molar-refractivity contribution < 1.29 is 0 Å². The zero-order valence-electron chi connectivity index (χ0n) is 10.7. The van der Waals surface area contributed by atoms with E-state index in [4.69, 9.17) is 28.9 Å². The Balaban J connectivity index is 2.56. The SMILES string of the molecule is Cc1cc(C(N)c2c(Cl)cccc2Cl)c(C)cc1Br. The van der Waals surface area contributed by atoms with Gasteiger partial charge in [0, 0.05) is 20.1 Å². The van der Waals surface area contributed by atoms with Gasteiger partial charge >= 0.3 is 0 Å². The Morgan fingerprint density at radius 1 is 1.05 bits per heavy atom. The molecule has 2 rings (SSSR count). The summed E-state index contributed by atoms with van der Waals surface area (Å²) in [6.07, 6.45) is 0. The van der Waals surface area contributed by atoms with Crippen LogP contribution in [0.2, 0.25) is 10.0 Å². The van der Waals surface area contributed by atoms with Crippen molar-refractivity contribution in [3.05, 3.63) is 67.1 Å². The normalized spacial score (nSPS) is 12.5. The molecular weight excluding hydrogens is 345 g/mol. The smallest absolute Gasteiger partial charge is 0.0584 e. The average Bonchev–Trinajstić information content (AvgIpc) is 2.33. The van der Waals surface area contributed by atoms with Gasteiger partial charge in [0.1, 0.15) is 0 Å². The molecule has 0 aliphatic heterocycles. The highest BCUT2D eigenvalue weighted by Gasteiger charge is 2.18. The Kier molecular flexibility index (Phi) is 4.57. The number of hydrogen-bond acceptors (Lipinski definition) is 1. The minimum atomic E-state index is -0.326. The molecule has 4 heteroatoms. The molecular formula is C15H14BrCl2N. The van der Waals surface area contributed by atoms with Crippen molar-refractivity contribution in [2.75, 3.05) is 0 Å². The molecule has 0 heterocycles. The van der Waals surface area contributed by atoms with Gasteiger partial charge in [-0.3, -0.25) is 0 Å². The molecule has 0 aliphatic rings. The highest BCUT2D eigenvalue weighted by atomic mass is 79.9. The summed E-state index contributed by atoms with van der Waals surface area (Å²) in [5, 5.41) is 1.19. The van der Waals surface area contributed by atoms with Crippen molar-refractivity contribution >= 4 is 39.1 Å². The number of aryl methyl sites for hydroxylation is 2. The van der Waals surface area contributed by atoms with Crippen LogP contribution in [0, 0.1) is 13.8 Å². The zero-order valence-corrected chi connectivity index (χ0v) is 13.8. The van der Waals surface area contributed by atoms with Crippen LogP contribution in [0.1, 0.15) is 28.3 Å². The van der Waals surface area contributed by atoms with Gasteiger partial charge in [-0.05, 0) is 48.7 Å². The van der Waals surface area contributed by atoms with Crippen LogP contribution in [0.25, 0.3) is 0 Å². The second-order valence-electron chi connectivity index (χ2n) is 4.57. The molecule has 0 spiro atoms. The Hall–Kier alpha value is -0.540. The molecule has 0 fully saturated rings. The second kappa shape index (κ2) is 5.84. The summed E-state index contributed by atoms with van der Waals surface area (Å²) < 4.78 is 1.08. The van der Waals surface area contributed by atoms with Crippen LogP contribution in [0.5, 0.6) is 0 Å². The number of benzene rings is 2. The molecule has 19 heavy (non-hydrogen) atoms. The van der Waals surface area contributed by atoms with Crippen molar-refractivity contribution in [1.82, 2.24) is 0 Å². The van der Waals surface area contributed by atoms with Crippen LogP contribution in [0.4, 0.5) is 0 Å². The predicted octanol–water partition coefficient (Wildman–Crippen LogP) is 5.42. The van der Waals surface area contributed by atoms with E-state index >= 15 is 0 Å². The third kappa shape index (κ3) is 2.97. The van der Waals surface area contributed by atoms with E-state index in [1.165, 1.54) is 0 Å². The maximum atomic E-state index is 6.35. The van der Waals surface area contributed by atoms with Crippen LogP contribution in [0.3, 0.4) is 0 Å². The number of halogens is 3. The fourth-order valence-corrected chi connectivity index (χ4v) is 3.19. The number of nitrogens with two attached hydrogens (primary N) is 1. The maximum absolute atomic E-state index is 6.35. The van der Waals surface area contributed by atoms with Gasteiger partial charge in [0.05, 0.1) is 6.04 Å². The molecule has 1 nitrogen and oxygen atoms in total. The first kappa shape index (κ1) is 14.9. The Morgan fingerprint density at radius 3 is 2.21 bits per heavy atom. The van der Waals surface area contributed by atoms with E-state index < -0.39 is 0 Å². The summed E-state index contributed by atoms with van der Waals surface area (Å²) in [5.74, 6) is 0. The minimum Gasteiger partial charge on any atom is -0.320 e. The molecule has 0 bridgehead atoms. The van der Waals surface area contributed by atoms with E-state index in [2.05, 4.69) is 28.1 Å².